The average Bonchev–Trinajstić information content (AvgIpc) is 3.09. The van der Waals surface area contributed by atoms with Crippen LogP contribution >= 0.6 is 0 Å². The van der Waals surface area contributed by atoms with Crippen molar-refractivity contribution in [2.24, 2.45) is 0 Å². The van der Waals surface area contributed by atoms with Gasteiger partial charge in [-0.2, -0.15) is 5.10 Å². The van der Waals surface area contributed by atoms with Gasteiger partial charge in [0, 0.05) is 26.1 Å². The first-order valence-electron chi connectivity index (χ1n) is 9.15. The van der Waals surface area contributed by atoms with Gasteiger partial charge in [0.15, 0.2) is 0 Å². The van der Waals surface area contributed by atoms with Gasteiger partial charge < -0.3 is 14.7 Å². The highest BCUT2D eigenvalue weighted by atomic mass is 16.5. The topological polar surface area (TPSA) is 80.5 Å². The lowest BCUT2D eigenvalue weighted by atomic mass is 9.96. The van der Waals surface area contributed by atoms with Gasteiger partial charge in [-0.15, -0.1) is 0 Å². The fourth-order valence-corrected chi connectivity index (χ4v) is 3.21. The van der Waals surface area contributed by atoms with E-state index < -0.39 is 5.60 Å². The maximum absolute atomic E-state index is 12.4. The van der Waals surface area contributed by atoms with Crippen LogP contribution in [-0.4, -0.2) is 56.0 Å². The lowest BCUT2D eigenvalue weighted by molar-refractivity contribution is -0.131. The molecule has 0 spiro atoms. The van der Waals surface area contributed by atoms with E-state index in [-0.39, 0.29) is 12.5 Å². The van der Waals surface area contributed by atoms with Crippen LogP contribution < -0.4 is 4.74 Å². The van der Waals surface area contributed by atoms with E-state index in [0.717, 1.165) is 18.6 Å². The van der Waals surface area contributed by atoms with Gasteiger partial charge in [-0.1, -0.05) is 18.2 Å². The molecule has 1 aromatic carbocycles. The number of carbonyl (C=O) groups is 1. The molecule has 1 amide bonds. The van der Waals surface area contributed by atoms with Crippen LogP contribution in [0.2, 0.25) is 0 Å². The van der Waals surface area contributed by atoms with Crippen LogP contribution in [0.3, 0.4) is 0 Å². The maximum Gasteiger partial charge on any atom is 0.222 e. The first kappa shape index (κ1) is 18.4. The number of hydrogen-bond donors (Lipinski definition) is 1. The minimum Gasteiger partial charge on any atom is -0.491 e. The monoisotopic (exact) mass is 358 g/mol. The molecule has 26 heavy (non-hydrogen) atoms. The normalized spacial score (nSPS) is 20.6. The SMILES string of the molecule is O=C(CCCn1cncn1)N1CCCC(O)(COc2ccccc2)CC1. The largest absolute Gasteiger partial charge is 0.491 e. The van der Waals surface area contributed by atoms with Crippen molar-refractivity contribution in [3.05, 3.63) is 43.0 Å². The molecule has 0 bridgehead atoms. The fourth-order valence-electron chi connectivity index (χ4n) is 3.21. The standard InChI is InChI=1S/C19H26N4O3/c24-18(8-4-12-23-16-20-15-21-23)22-11-5-9-19(25,10-13-22)14-26-17-6-2-1-3-7-17/h1-3,6-7,15-16,25H,4-5,8-14H2. The highest BCUT2D eigenvalue weighted by Gasteiger charge is 2.32. The minimum absolute atomic E-state index is 0.137. The second-order valence-corrected chi connectivity index (χ2v) is 6.82. The number of aromatic nitrogens is 3. The van der Waals surface area contributed by atoms with Crippen LogP contribution in [0.5, 0.6) is 5.75 Å². The van der Waals surface area contributed by atoms with E-state index >= 15 is 0 Å². The first-order valence-corrected chi connectivity index (χ1v) is 9.15. The van der Waals surface area contributed by atoms with Crippen molar-refractivity contribution in [2.75, 3.05) is 19.7 Å². The highest BCUT2D eigenvalue weighted by molar-refractivity contribution is 5.76. The average molecular weight is 358 g/mol. The number of rotatable bonds is 7. The molecule has 1 aliphatic rings. The Labute approximate surface area is 153 Å². The smallest absolute Gasteiger partial charge is 0.222 e. The Kier molecular flexibility index (Phi) is 6.22. The van der Waals surface area contributed by atoms with Gasteiger partial charge in [0.2, 0.25) is 5.91 Å². The Balaban J connectivity index is 1.43. The van der Waals surface area contributed by atoms with Gasteiger partial charge in [-0.05, 0) is 37.8 Å². The molecule has 3 rings (SSSR count). The molecule has 1 unspecified atom stereocenters. The number of benzene rings is 1. The Hall–Kier alpha value is -2.41. The van der Waals surface area contributed by atoms with E-state index in [1.54, 1.807) is 11.0 Å². The van der Waals surface area contributed by atoms with E-state index in [0.29, 0.717) is 38.9 Å². The summed E-state index contributed by atoms with van der Waals surface area (Å²) in [4.78, 5) is 18.2. The zero-order valence-corrected chi connectivity index (χ0v) is 15.0. The van der Waals surface area contributed by atoms with Crippen molar-refractivity contribution >= 4 is 5.91 Å². The Bertz CT molecular complexity index is 677. The van der Waals surface area contributed by atoms with Gasteiger partial charge in [-0.3, -0.25) is 9.48 Å². The molecule has 7 heteroatoms. The quantitative estimate of drug-likeness (QED) is 0.817. The van der Waals surface area contributed by atoms with Gasteiger partial charge in [-0.25, -0.2) is 4.98 Å². The van der Waals surface area contributed by atoms with Crippen molar-refractivity contribution in [3.63, 3.8) is 0 Å². The van der Waals surface area contributed by atoms with Crippen LogP contribution in [0.15, 0.2) is 43.0 Å². The van der Waals surface area contributed by atoms with Gasteiger partial charge in [0.25, 0.3) is 0 Å². The number of aliphatic hydroxyl groups is 1. The van der Waals surface area contributed by atoms with E-state index in [1.165, 1.54) is 6.33 Å². The molecule has 0 saturated carbocycles. The molecular weight excluding hydrogens is 332 g/mol. The zero-order valence-electron chi connectivity index (χ0n) is 15.0. The Morgan fingerprint density at radius 2 is 2.08 bits per heavy atom. The molecule has 1 fully saturated rings. The van der Waals surface area contributed by atoms with Crippen LogP contribution in [-0.2, 0) is 11.3 Å². The molecule has 1 aromatic heterocycles. The van der Waals surface area contributed by atoms with Crippen LogP contribution in [0, 0.1) is 0 Å². The molecular formula is C19H26N4O3. The second-order valence-electron chi connectivity index (χ2n) is 6.82. The summed E-state index contributed by atoms with van der Waals surface area (Å²) in [6.07, 6.45) is 6.33. The summed E-state index contributed by atoms with van der Waals surface area (Å²) >= 11 is 0. The molecule has 0 aliphatic carbocycles. The molecule has 140 valence electrons. The summed E-state index contributed by atoms with van der Waals surface area (Å²) in [6.45, 7) is 2.20. The van der Waals surface area contributed by atoms with Crippen LogP contribution in [0.25, 0.3) is 0 Å². The van der Waals surface area contributed by atoms with Crippen molar-refractivity contribution in [3.8, 4) is 5.75 Å². The molecule has 0 radical (unpaired) electrons. The Morgan fingerprint density at radius 3 is 2.85 bits per heavy atom. The third-order valence-corrected chi connectivity index (χ3v) is 4.77. The number of ether oxygens (including phenoxy) is 1. The molecule has 1 N–H and O–H groups in total. The minimum atomic E-state index is -0.883. The second kappa shape index (κ2) is 8.80. The van der Waals surface area contributed by atoms with Crippen molar-refractivity contribution in [1.29, 1.82) is 0 Å². The number of para-hydroxylation sites is 1. The van der Waals surface area contributed by atoms with Crippen LogP contribution in [0.1, 0.15) is 32.1 Å². The summed E-state index contributed by atoms with van der Waals surface area (Å²) in [5, 5.41) is 14.9. The van der Waals surface area contributed by atoms with Crippen molar-refractivity contribution < 1.29 is 14.6 Å². The van der Waals surface area contributed by atoms with Crippen molar-refractivity contribution in [1.82, 2.24) is 19.7 Å². The Morgan fingerprint density at radius 1 is 1.23 bits per heavy atom. The fraction of sp³-hybridized carbons (Fsp3) is 0.526. The number of likely N-dealkylation sites (tertiary alicyclic amines) is 1. The van der Waals surface area contributed by atoms with Gasteiger partial charge >= 0.3 is 0 Å². The van der Waals surface area contributed by atoms with Gasteiger partial charge in [0.1, 0.15) is 30.6 Å². The number of hydrogen-bond acceptors (Lipinski definition) is 5. The summed E-state index contributed by atoms with van der Waals surface area (Å²) in [5.74, 6) is 0.893. The molecule has 2 heterocycles. The number of carbonyl (C=O) groups excluding carboxylic acids is 1. The maximum atomic E-state index is 12.4. The first-order chi connectivity index (χ1) is 12.6. The third-order valence-electron chi connectivity index (χ3n) is 4.77. The molecule has 2 aromatic rings. The predicted octanol–water partition coefficient (Wildman–Crippen LogP) is 1.88. The lowest BCUT2D eigenvalue weighted by Gasteiger charge is -2.27. The zero-order chi connectivity index (χ0) is 18.2. The molecule has 1 atom stereocenters. The van der Waals surface area contributed by atoms with Crippen LogP contribution in [0.4, 0.5) is 0 Å². The summed E-state index contributed by atoms with van der Waals surface area (Å²) in [5.41, 5.74) is -0.883. The number of aryl methyl sites for hydroxylation is 1. The summed E-state index contributed by atoms with van der Waals surface area (Å²) in [7, 11) is 0. The number of amides is 1. The molecule has 7 nitrogen and oxygen atoms in total. The van der Waals surface area contributed by atoms with E-state index in [2.05, 4.69) is 10.1 Å². The highest BCUT2D eigenvalue weighted by Crippen LogP contribution is 2.24. The van der Waals surface area contributed by atoms with Crippen molar-refractivity contribution in [2.45, 2.75) is 44.2 Å². The molecule has 1 aliphatic heterocycles. The lowest BCUT2D eigenvalue weighted by Crippen LogP contribution is -2.38. The van der Waals surface area contributed by atoms with E-state index in [9.17, 15) is 9.90 Å². The third kappa shape index (κ3) is 5.29. The summed E-state index contributed by atoms with van der Waals surface area (Å²) < 4.78 is 7.47. The summed E-state index contributed by atoms with van der Waals surface area (Å²) in [6, 6.07) is 9.51. The number of nitrogens with zero attached hydrogens (tertiary/aromatic N) is 4. The van der Waals surface area contributed by atoms with E-state index in [1.807, 2.05) is 35.2 Å². The van der Waals surface area contributed by atoms with E-state index in [4.69, 9.17) is 4.74 Å². The predicted molar refractivity (Wildman–Crippen MR) is 96.6 cm³/mol. The van der Waals surface area contributed by atoms with Gasteiger partial charge in [0.05, 0.1) is 0 Å². The molecule has 1 saturated heterocycles.